The molecule has 3 heterocycles. The molecule has 3 rings (SSSR count). The Morgan fingerprint density at radius 2 is 2.15 bits per heavy atom. The number of thiophene rings is 1. The lowest BCUT2D eigenvalue weighted by Gasteiger charge is -1.97. The van der Waals surface area contributed by atoms with Crippen LogP contribution < -0.4 is 5.32 Å². The van der Waals surface area contributed by atoms with E-state index in [1.54, 1.807) is 19.9 Å². The van der Waals surface area contributed by atoms with Crippen LogP contribution in [-0.2, 0) is 0 Å². The lowest BCUT2D eigenvalue weighted by molar-refractivity contribution is 0.102. The first-order valence-electron chi connectivity index (χ1n) is 5.89. The summed E-state index contributed by atoms with van der Waals surface area (Å²) >= 11 is 1.49. The van der Waals surface area contributed by atoms with Gasteiger partial charge >= 0.3 is 6.01 Å². The second-order valence-corrected chi connectivity index (χ2v) is 5.12. The fourth-order valence-corrected chi connectivity index (χ4v) is 2.44. The Labute approximate surface area is 118 Å². The minimum absolute atomic E-state index is 0.0663. The van der Waals surface area contributed by atoms with Crippen LogP contribution in [0.25, 0.3) is 10.8 Å². The molecule has 102 valence electrons. The molecule has 0 saturated carbocycles. The summed E-state index contributed by atoms with van der Waals surface area (Å²) < 4.78 is 10.7. The van der Waals surface area contributed by atoms with Crippen LogP contribution in [0, 0.1) is 13.8 Å². The van der Waals surface area contributed by atoms with Gasteiger partial charge < -0.3 is 8.83 Å². The molecule has 0 aromatic carbocycles. The third-order valence-electron chi connectivity index (χ3n) is 2.66. The summed E-state index contributed by atoms with van der Waals surface area (Å²) in [5.41, 5.74) is 0.457. The van der Waals surface area contributed by atoms with Gasteiger partial charge in [0.25, 0.3) is 11.8 Å². The average Bonchev–Trinajstić information content (AvgIpc) is 3.09. The normalized spacial score (nSPS) is 10.7. The number of nitrogens with one attached hydrogen (secondary N) is 1. The lowest BCUT2D eigenvalue weighted by atomic mass is 10.2. The van der Waals surface area contributed by atoms with Crippen LogP contribution in [0.5, 0.6) is 0 Å². The Kier molecular flexibility index (Phi) is 3.11. The maximum absolute atomic E-state index is 12.0. The molecule has 6 nitrogen and oxygen atoms in total. The molecule has 0 atom stereocenters. The zero-order chi connectivity index (χ0) is 14.1. The first kappa shape index (κ1) is 12.6. The Balaban J connectivity index is 1.78. The van der Waals surface area contributed by atoms with E-state index in [1.165, 1.54) is 11.3 Å². The number of carbonyl (C=O) groups excluding carboxylic acids is 1. The van der Waals surface area contributed by atoms with E-state index >= 15 is 0 Å². The molecule has 0 aliphatic rings. The van der Waals surface area contributed by atoms with E-state index in [0.29, 0.717) is 23.0 Å². The molecule has 7 heteroatoms. The molecule has 0 fully saturated rings. The molecule has 0 radical (unpaired) electrons. The molecule has 3 aromatic rings. The monoisotopic (exact) mass is 289 g/mol. The summed E-state index contributed by atoms with van der Waals surface area (Å²) in [7, 11) is 0. The molecule has 0 aliphatic carbocycles. The first-order valence-corrected chi connectivity index (χ1v) is 6.77. The zero-order valence-electron chi connectivity index (χ0n) is 10.8. The predicted octanol–water partition coefficient (Wildman–Crippen LogP) is 3.26. The van der Waals surface area contributed by atoms with E-state index in [-0.39, 0.29) is 11.9 Å². The largest absolute Gasteiger partial charge is 0.466 e. The van der Waals surface area contributed by atoms with Crippen molar-refractivity contribution in [2.45, 2.75) is 13.8 Å². The highest BCUT2D eigenvalue weighted by Gasteiger charge is 2.17. The molecule has 3 aromatic heterocycles. The molecule has 0 bridgehead atoms. The lowest BCUT2D eigenvalue weighted by Crippen LogP contribution is -2.12. The summed E-state index contributed by atoms with van der Waals surface area (Å²) in [6.45, 7) is 3.51. The predicted molar refractivity (Wildman–Crippen MR) is 73.7 cm³/mol. The smallest absolute Gasteiger partial charge is 0.322 e. The molecular formula is C13H11N3O3S. The average molecular weight is 289 g/mol. The van der Waals surface area contributed by atoms with Crippen molar-refractivity contribution in [1.82, 2.24) is 10.2 Å². The minimum atomic E-state index is -0.333. The summed E-state index contributed by atoms with van der Waals surface area (Å²) in [6, 6.07) is 5.49. The van der Waals surface area contributed by atoms with Gasteiger partial charge in [0.2, 0.25) is 0 Å². The minimum Gasteiger partial charge on any atom is -0.466 e. The Morgan fingerprint density at radius 3 is 2.80 bits per heavy atom. The molecule has 0 saturated heterocycles. The first-order chi connectivity index (χ1) is 9.63. The van der Waals surface area contributed by atoms with Crippen LogP contribution in [0.3, 0.4) is 0 Å². The molecule has 20 heavy (non-hydrogen) atoms. The number of furan rings is 1. The standard InChI is InChI=1S/C13H11N3O3S/c1-7-6-9(8(2)18-7)11(17)14-13-16-15-12(19-13)10-4-3-5-20-10/h3-6H,1-2H3,(H,14,16,17). The number of aryl methyl sites for hydroxylation is 2. The SMILES string of the molecule is Cc1cc(C(=O)Nc2nnc(-c3cccs3)o2)c(C)o1. The van der Waals surface area contributed by atoms with Crippen molar-refractivity contribution in [3.63, 3.8) is 0 Å². The van der Waals surface area contributed by atoms with Crippen LogP contribution in [0.1, 0.15) is 21.9 Å². The number of anilines is 1. The fourth-order valence-electron chi connectivity index (χ4n) is 1.79. The van der Waals surface area contributed by atoms with Crippen LogP contribution in [-0.4, -0.2) is 16.1 Å². The van der Waals surface area contributed by atoms with Crippen molar-refractivity contribution < 1.29 is 13.6 Å². The van der Waals surface area contributed by atoms with Gasteiger partial charge in [0.05, 0.1) is 10.4 Å². The number of aromatic nitrogens is 2. The van der Waals surface area contributed by atoms with Crippen molar-refractivity contribution in [2.75, 3.05) is 5.32 Å². The molecule has 0 unspecified atom stereocenters. The van der Waals surface area contributed by atoms with Gasteiger partial charge in [0.1, 0.15) is 11.5 Å². The molecule has 0 aliphatic heterocycles. The highest BCUT2D eigenvalue weighted by Crippen LogP contribution is 2.24. The second-order valence-electron chi connectivity index (χ2n) is 4.17. The second kappa shape index (κ2) is 4.93. The topological polar surface area (TPSA) is 81.2 Å². The van der Waals surface area contributed by atoms with Crippen molar-refractivity contribution >= 4 is 23.3 Å². The highest BCUT2D eigenvalue weighted by molar-refractivity contribution is 7.13. The number of hydrogen-bond acceptors (Lipinski definition) is 6. The Hall–Kier alpha value is -2.41. The maximum Gasteiger partial charge on any atom is 0.322 e. The van der Waals surface area contributed by atoms with E-state index in [2.05, 4.69) is 15.5 Å². The van der Waals surface area contributed by atoms with E-state index in [4.69, 9.17) is 8.83 Å². The summed E-state index contributed by atoms with van der Waals surface area (Å²) in [5.74, 6) is 1.28. The number of carbonyl (C=O) groups is 1. The maximum atomic E-state index is 12.0. The number of hydrogen-bond donors (Lipinski definition) is 1. The van der Waals surface area contributed by atoms with Gasteiger partial charge in [-0.1, -0.05) is 11.2 Å². The van der Waals surface area contributed by atoms with Gasteiger partial charge in [-0.15, -0.1) is 16.4 Å². The van der Waals surface area contributed by atoms with Crippen LogP contribution in [0.2, 0.25) is 0 Å². The Bertz CT molecular complexity index is 743. The third-order valence-corrected chi connectivity index (χ3v) is 3.52. The van der Waals surface area contributed by atoms with Crippen molar-refractivity contribution in [3.8, 4) is 10.8 Å². The number of rotatable bonds is 3. The highest BCUT2D eigenvalue weighted by atomic mass is 32.1. The van der Waals surface area contributed by atoms with Crippen molar-refractivity contribution in [1.29, 1.82) is 0 Å². The van der Waals surface area contributed by atoms with Gasteiger partial charge in [-0.25, -0.2) is 0 Å². The van der Waals surface area contributed by atoms with Crippen molar-refractivity contribution in [2.24, 2.45) is 0 Å². The van der Waals surface area contributed by atoms with E-state index in [1.807, 2.05) is 17.5 Å². The van der Waals surface area contributed by atoms with Crippen LogP contribution in [0.15, 0.2) is 32.4 Å². The molecule has 0 spiro atoms. The zero-order valence-corrected chi connectivity index (χ0v) is 11.7. The van der Waals surface area contributed by atoms with Crippen LogP contribution >= 0.6 is 11.3 Å². The quantitative estimate of drug-likeness (QED) is 0.800. The van der Waals surface area contributed by atoms with Gasteiger partial charge in [-0.05, 0) is 31.4 Å². The Morgan fingerprint density at radius 1 is 1.30 bits per heavy atom. The van der Waals surface area contributed by atoms with Gasteiger partial charge in [0.15, 0.2) is 0 Å². The number of nitrogens with zero attached hydrogens (tertiary/aromatic N) is 2. The van der Waals surface area contributed by atoms with E-state index in [9.17, 15) is 4.79 Å². The summed E-state index contributed by atoms with van der Waals surface area (Å²) in [4.78, 5) is 12.9. The molecular weight excluding hydrogens is 278 g/mol. The van der Waals surface area contributed by atoms with E-state index < -0.39 is 0 Å². The summed E-state index contributed by atoms with van der Waals surface area (Å²) in [6.07, 6.45) is 0. The van der Waals surface area contributed by atoms with E-state index in [0.717, 1.165) is 4.88 Å². The third kappa shape index (κ3) is 2.35. The van der Waals surface area contributed by atoms with Crippen molar-refractivity contribution in [3.05, 3.63) is 40.7 Å². The van der Waals surface area contributed by atoms with Gasteiger partial charge in [-0.3, -0.25) is 10.1 Å². The number of amides is 1. The fraction of sp³-hybridized carbons (Fsp3) is 0.154. The molecule has 1 amide bonds. The van der Waals surface area contributed by atoms with Gasteiger partial charge in [0, 0.05) is 0 Å². The summed E-state index contributed by atoms with van der Waals surface area (Å²) in [5, 5.41) is 12.2. The molecule has 1 N–H and O–H groups in total. The van der Waals surface area contributed by atoms with Crippen LogP contribution in [0.4, 0.5) is 6.01 Å². The van der Waals surface area contributed by atoms with Gasteiger partial charge in [-0.2, -0.15) is 0 Å².